The Morgan fingerprint density at radius 2 is 2.43 bits per heavy atom. The van der Waals surface area contributed by atoms with Crippen LogP contribution in [-0.4, -0.2) is 20.6 Å². The molecule has 0 unspecified atom stereocenters. The van der Waals surface area contributed by atoms with E-state index in [1.807, 2.05) is 0 Å². The normalized spacial score (nSPS) is 10.6. The molecule has 0 saturated heterocycles. The number of aromatic nitrogens is 2. The van der Waals surface area contributed by atoms with Crippen molar-refractivity contribution in [2.75, 3.05) is 0 Å². The van der Waals surface area contributed by atoms with Crippen LogP contribution in [0.5, 0.6) is 0 Å². The summed E-state index contributed by atoms with van der Waals surface area (Å²) >= 11 is 0. The zero-order valence-corrected chi connectivity index (χ0v) is 7.01. The van der Waals surface area contributed by atoms with Crippen LogP contribution >= 0.6 is 0 Å². The van der Waals surface area contributed by atoms with Crippen molar-refractivity contribution >= 4 is 17.2 Å². The molecule has 1 N–H and O–H groups in total. The van der Waals surface area contributed by atoms with Crippen molar-refractivity contribution in [3.63, 3.8) is 0 Å². The first-order valence-corrected chi connectivity index (χ1v) is 3.84. The van der Waals surface area contributed by atoms with Gasteiger partial charge in [0, 0.05) is 6.20 Å². The molecular formula is C8H6N2O4. The first-order valence-electron chi connectivity index (χ1n) is 3.84. The molecule has 0 aliphatic heterocycles. The molecule has 2 heterocycles. The van der Waals surface area contributed by atoms with Gasteiger partial charge in [-0.2, -0.15) is 0 Å². The minimum atomic E-state index is -1.11. The maximum atomic E-state index is 11.2. The molecule has 0 radical (unpaired) electrons. The van der Waals surface area contributed by atoms with E-state index in [-0.39, 0.29) is 5.65 Å². The van der Waals surface area contributed by atoms with Gasteiger partial charge in [0.05, 0.1) is 0 Å². The molecule has 14 heavy (non-hydrogen) atoms. The smallest absolute Gasteiger partial charge is 0.421 e. The van der Waals surface area contributed by atoms with Gasteiger partial charge in [-0.25, -0.2) is 14.3 Å². The Bertz CT molecular complexity index is 540. The largest absolute Gasteiger partial charge is 0.480 e. The van der Waals surface area contributed by atoms with Crippen LogP contribution in [0.4, 0.5) is 0 Å². The number of hydrogen-bond acceptors (Lipinski definition) is 4. The van der Waals surface area contributed by atoms with Gasteiger partial charge < -0.3 is 9.52 Å². The fraction of sp³-hybridized carbons (Fsp3) is 0.125. The van der Waals surface area contributed by atoms with Crippen LogP contribution in [0.2, 0.25) is 0 Å². The molecule has 0 saturated carbocycles. The number of aliphatic carboxylic acids is 1. The number of fused-ring (bicyclic) bond motifs is 1. The summed E-state index contributed by atoms with van der Waals surface area (Å²) in [7, 11) is 0. The molecule has 2 aromatic heterocycles. The van der Waals surface area contributed by atoms with Crippen LogP contribution in [0, 0.1) is 0 Å². The summed E-state index contributed by atoms with van der Waals surface area (Å²) in [5, 5.41) is 8.54. The number of carboxylic acid groups (broad SMARTS) is 1. The van der Waals surface area contributed by atoms with E-state index in [1.54, 1.807) is 12.1 Å². The quantitative estimate of drug-likeness (QED) is 0.731. The average molecular weight is 194 g/mol. The monoisotopic (exact) mass is 194 g/mol. The first kappa shape index (κ1) is 8.49. The van der Waals surface area contributed by atoms with E-state index in [9.17, 15) is 9.59 Å². The van der Waals surface area contributed by atoms with E-state index < -0.39 is 18.3 Å². The van der Waals surface area contributed by atoms with E-state index in [0.717, 1.165) is 4.57 Å². The molecule has 0 aliphatic rings. The maximum Gasteiger partial charge on any atom is 0.421 e. The molecule has 0 spiro atoms. The minimum absolute atomic E-state index is 0.250. The molecule has 6 nitrogen and oxygen atoms in total. The highest BCUT2D eigenvalue weighted by molar-refractivity contribution is 5.72. The number of rotatable bonds is 2. The van der Waals surface area contributed by atoms with Crippen LogP contribution in [0.3, 0.4) is 0 Å². The van der Waals surface area contributed by atoms with E-state index in [1.165, 1.54) is 6.20 Å². The van der Waals surface area contributed by atoms with Crippen molar-refractivity contribution in [1.82, 2.24) is 9.55 Å². The number of oxazole rings is 1. The van der Waals surface area contributed by atoms with Crippen LogP contribution in [0.1, 0.15) is 0 Å². The van der Waals surface area contributed by atoms with Gasteiger partial charge in [0.2, 0.25) is 0 Å². The SMILES string of the molecule is O=C(O)Cn1c(=O)oc2cccnc21. The maximum absolute atomic E-state index is 11.2. The van der Waals surface area contributed by atoms with Gasteiger partial charge in [-0.1, -0.05) is 0 Å². The second-order valence-electron chi connectivity index (χ2n) is 2.67. The Labute approximate surface area is 77.4 Å². The summed E-state index contributed by atoms with van der Waals surface area (Å²) in [5.41, 5.74) is 0.540. The summed E-state index contributed by atoms with van der Waals surface area (Å²) in [4.78, 5) is 25.5. The predicted molar refractivity (Wildman–Crippen MR) is 45.9 cm³/mol. The molecule has 6 heteroatoms. The second-order valence-corrected chi connectivity index (χ2v) is 2.67. The van der Waals surface area contributed by atoms with E-state index in [4.69, 9.17) is 9.52 Å². The van der Waals surface area contributed by atoms with Crippen molar-refractivity contribution in [2.45, 2.75) is 6.54 Å². The predicted octanol–water partition coefficient (Wildman–Crippen LogP) is 0.0741. The Kier molecular flexibility index (Phi) is 1.81. The molecule has 0 aliphatic carbocycles. The van der Waals surface area contributed by atoms with Gasteiger partial charge in [0.1, 0.15) is 6.54 Å². The van der Waals surface area contributed by atoms with E-state index >= 15 is 0 Å². The van der Waals surface area contributed by atoms with Crippen molar-refractivity contribution in [3.8, 4) is 0 Å². The fourth-order valence-electron chi connectivity index (χ4n) is 1.17. The lowest BCUT2D eigenvalue weighted by molar-refractivity contribution is -0.137. The van der Waals surface area contributed by atoms with Crippen molar-refractivity contribution in [2.24, 2.45) is 0 Å². The zero-order chi connectivity index (χ0) is 10.1. The van der Waals surface area contributed by atoms with Crippen LogP contribution in [0.25, 0.3) is 11.2 Å². The fourth-order valence-corrected chi connectivity index (χ4v) is 1.17. The number of nitrogens with zero attached hydrogens (tertiary/aromatic N) is 2. The van der Waals surface area contributed by atoms with Crippen LogP contribution in [0.15, 0.2) is 27.5 Å². The number of hydrogen-bond donors (Lipinski definition) is 1. The topological polar surface area (TPSA) is 85.3 Å². The van der Waals surface area contributed by atoms with Gasteiger partial charge in [-0.3, -0.25) is 4.79 Å². The third-order valence-corrected chi connectivity index (χ3v) is 1.72. The van der Waals surface area contributed by atoms with Gasteiger partial charge in [-0.05, 0) is 12.1 Å². The standard InChI is InChI=1S/C8H6N2O4/c11-6(12)4-10-7-5(14-8(10)13)2-1-3-9-7/h1-3H,4H2,(H,11,12). The molecular weight excluding hydrogens is 188 g/mol. The van der Waals surface area contributed by atoms with Crippen molar-refractivity contribution in [1.29, 1.82) is 0 Å². The lowest BCUT2D eigenvalue weighted by atomic mass is 10.4. The van der Waals surface area contributed by atoms with Crippen molar-refractivity contribution < 1.29 is 14.3 Å². The zero-order valence-electron chi connectivity index (χ0n) is 7.01. The number of pyridine rings is 1. The van der Waals surface area contributed by atoms with Crippen molar-refractivity contribution in [3.05, 3.63) is 28.9 Å². The molecule has 2 aromatic rings. The number of carboxylic acids is 1. The third kappa shape index (κ3) is 1.26. The lowest BCUT2D eigenvalue weighted by Gasteiger charge is -1.94. The first-order chi connectivity index (χ1) is 6.68. The average Bonchev–Trinajstić information content (AvgIpc) is 2.43. The van der Waals surface area contributed by atoms with Crippen LogP contribution in [-0.2, 0) is 11.3 Å². The second kappa shape index (κ2) is 2.99. The molecule has 0 amide bonds. The molecule has 2 rings (SSSR count). The molecule has 0 aromatic carbocycles. The summed E-state index contributed by atoms with van der Waals surface area (Å²) in [5.74, 6) is -1.82. The number of carbonyl (C=O) groups is 1. The van der Waals surface area contributed by atoms with E-state index in [0.29, 0.717) is 5.58 Å². The highest BCUT2D eigenvalue weighted by Gasteiger charge is 2.11. The van der Waals surface area contributed by atoms with Gasteiger partial charge in [0.25, 0.3) is 0 Å². The molecule has 72 valence electrons. The van der Waals surface area contributed by atoms with Gasteiger partial charge in [0.15, 0.2) is 11.2 Å². The third-order valence-electron chi connectivity index (χ3n) is 1.72. The van der Waals surface area contributed by atoms with E-state index in [2.05, 4.69) is 4.98 Å². The summed E-state index contributed by atoms with van der Waals surface area (Å²) in [6.45, 7) is -0.442. The highest BCUT2D eigenvalue weighted by Crippen LogP contribution is 2.07. The van der Waals surface area contributed by atoms with Gasteiger partial charge in [-0.15, -0.1) is 0 Å². The minimum Gasteiger partial charge on any atom is -0.480 e. The Morgan fingerprint density at radius 3 is 3.14 bits per heavy atom. The van der Waals surface area contributed by atoms with Gasteiger partial charge >= 0.3 is 11.7 Å². The molecule has 0 fully saturated rings. The Balaban J connectivity index is 2.68. The highest BCUT2D eigenvalue weighted by atomic mass is 16.4. The summed E-state index contributed by atoms with van der Waals surface area (Å²) in [6.07, 6.45) is 1.47. The Hall–Kier alpha value is -2.11. The lowest BCUT2D eigenvalue weighted by Crippen LogP contribution is -2.19. The van der Waals surface area contributed by atoms with Crippen LogP contribution < -0.4 is 5.76 Å². The summed E-state index contributed by atoms with van der Waals surface area (Å²) < 4.78 is 5.75. The Morgan fingerprint density at radius 1 is 1.64 bits per heavy atom. The molecule has 0 bridgehead atoms. The molecule has 0 atom stereocenters. The summed E-state index contributed by atoms with van der Waals surface area (Å²) in [6, 6.07) is 3.17.